The monoisotopic (exact) mass is 440 g/mol. The van der Waals surface area contributed by atoms with Crippen LogP contribution in [0.1, 0.15) is 30.6 Å². The number of hydrogen-bond donors (Lipinski definition) is 1. The smallest absolute Gasteiger partial charge is 0.344 e. The van der Waals surface area contributed by atoms with Gasteiger partial charge in [-0.3, -0.25) is 14.4 Å². The zero-order chi connectivity index (χ0) is 23.3. The number of para-hydroxylation sites is 2. The van der Waals surface area contributed by atoms with Gasteiger partial charge in [-0.2, -0.15) is 0 Å². The maximum atomic E-state index is 12.8. The number of fused-ring (bicyclic) bond motifs is 1. The van der Waals surface area contributed by atoms with Crippen molar-refractivity contribution in [1.82, 2.24) is 0 Å². The van der Waals surface area contributed by atoms with E-state index in [1.165, 1.54) is 31.1 Å². The molecule has 168 valence electrons. The SMILES string of the molecule is COc1cc(C(C)=O)ccc1OCC(=O)OCC(=O)N1c2ccccc2NC(=O)C[C@@H]1C. The maximum Gasteiger partial charge on any atom is 0.344 e. The van der Waals surface area contributed by atoms with Crippen LogP contribution in [0.3, 0.4) is 0 Å². The molecule has 0 saturated carbocycles. The normalized spacial score (nSPS) is 15.2. The van der Waals surface area contributed by atoms with E-state index in [-0.39, 0.29) is 23.9 Å². The number of nitrogens with one attached hydrogen (secondary N) is 1. The Kier molecular flexibility index (Phi) is 7.09. The van der Waals surface area contributed by atoms with Crippen molar-refractivity contribution in [3.63, 3.8) is 0 Å². The summed E-state index contributed by atoms with van der Waals surface area (Å²) in [4.78, 5) is 49.9. The third kappa shape index (κ3) is 5.23. The van der Waals surface area contributed by atoms with Crippen LogP contribution in [0.15, 0.2) is 42.5 Å². The van der Waals surface area contributed by atoms with Gasteiger partial charge in [0.1, 0.15) is 0 Å². The van der Waals surface area contributed by atoms with E-state index < -0.39 is 31.1 Å². The van der Waals surface area contributed by atoms with E-state index in [1.807, 2.05) is 0 Å². The lowest BCUT2D eigenvalue weighted by atomic mass is 10.1. The molecule has 2 aromatic carbocycles. The molecule has 0 spiro atoms. The van der Waals surface area contributed by atoms with Gasteiger partial charge >= 0.3 is 5.97 Å². The number of ether oxygens (including phenoxy) is 3. The van der Waals surface area contributed by atoms with Gasteiger partial charge in [0.25, 0.3) is 5.91 Å². The molecule has 1 aliphatic rings. The topological polar surface area (TPSA) is 111 Å². The van der Waals surface area contributed by atoms with Crippen LogP contribution in [0, 0.1) is 0 Å². The second kappa shape index (κ2) is 9.95. The van der Waals surface area contributed by atoms with E-state index in [1.54, 1.807) is 37.3 Å². The molecule has 0 bridgehead atoms. The summed E-state index contributed by atoms with van der Waals surface area (Å²) in [5.74, 6) is -0.974. The number of methoxy groups -OCH3 is 1. The molecule has 0 fully saturated rings. The van der Waals surface area contributed by atoms with Gasteiger partial charge in [0, 0.05) is 18.0 Å². The Hall–Kier alpha value is -3.88. The molecule has 0 radical (unpaired) electrons. The Bertz CT molecular complexity index is 1050. The Morgan fingerprint density at radius 2 is 1.84 bits per heavy atom. The first-order valence-electron chi connectivity index (χ1n) is 9.98. The quantitative estimate of drug-likeness (QED) is 0.520. The first kappa shape index (κ1) is 22.8. The number of esters is 1. The standard InChI is InChI=1S/C23H24N2O7/c1-14-10-21(27)24-17-6-4-5-7-18(17)25(14)22(28)12-32-23(29)13-31-19-9-8-16(15(2)26)11-20(19)30-3/h4-9,11,14H,10,12-13H2,1-3H3,(H,24,27)/t14-/m0/s1. The zero-order valence-electron chi connectivity index (χ0n) is 18.0. The van der Waals surface area contributed by atoms with Gasteiger partial charge in [0.05, 0.1) is 18.5 Å². The van der Waals surface area contributed by atoms with Gasteiger partial charge in [0.2, 0.25) is 5.91 Å². The van der Waals surface area contributed by atoms with E-state index in [0.29, 0.717) is 22.7 Å². The van der Waals surface area contributed by atoms with E-state index in [0.717, 1.165) is 0 Å². The minimum Gasteiger partial charge on any atom is -0.493 e. The number of rotatable bonds is 7. The van der Waals surface area contributed by atoms with E-state index in [4.69, 9.17) is 14.2 Å². The summed E-state index contributed by atoms with van der Waals surface area (Å²) in [7, 11) is 1.42. The van der Waals surface area contributed by atoms with E-state index >= 15 is 0 Å². The van der Waals surface area contributed by atoms with Crippen molar-refractivity contribution in [2.75, 3.05) is 30.5 Å². The lowest BCUT2D eigenvalue weighted by Crippen LogP contribution is -2.41. The lowest BCUT2D eigenvalue weighted by molar-refractivity contribution is -0.150. The van der Waals surface area contributed by atoms with Crippen LogP contribution >= 0.6 is 0 Å². The van der Waals surface area contributed by atoms with Crippen LogP contribution in [-0.2, 0) is 19.1 Å². The molecule has 0 saturated heterocycles. The first-order valence-corrected chi connectivity index (χ1v) is 9.98. The molecular weight excluding hydrogens is 416 g/mol. The number of amides is 2. The second-order valence-corrected chi connectivity index (χ2v) is 7.25. The average Bonchev–Trinajstić information content (AvgIpc) is 2.89. The van der Waals surface area contributed by atoms with Crippen LogP contribution < -0.4 is 19.7 Å². The predicted molar refractivity (Wildman–Crippen MR) is 116 cm³/mol. The summed E-state index contributed by atoms with van der Waals surface area (Å²) >= 11 is 0. The highest BCUT2D eigenvalue weighted by atomic mass is 16.6. The molecule has 1 N–H and O–H groups in total. The molecule has 2 aromatic rings. The summed E-state index contributed by atoms with van der Waals surface area (Å²) in [5, 5.41) is 2.77. The molecule has 1 atom stereocenters. The number of carbonyl (C=O) groups is 4. The fraction of sp³-hybridized carbons (Fsp3) is 0.304. The number of nitrogens with zero attached hydrogens (tertiary/aromatic N) is 1. The minimum atomic E-state index is -0.749. The Morgan fingerprint density at radius 3 is 2.56 bits per heavy atom. The van der Waals surface area contributed by atoms with Crippen molar-refractivity contribution in [2.45, 2.75) is 26.3 Å². The summed E-state index contributed by atoms with van der Waals surface area (Å²) < 4.78 is 15.7. The van der Waals surface area contributed by atoms with Crippen molar-refractivity contribution < 1.29 is 33.4 Å². The highest BCUT2D eigenvalue weighted by Crippen LogP contribution is 2.31. The molecule has 2 amide bonds. The summed E-state index contributed by atoms with van der Waals surface area (Å²) in [6.45, 7) is 2.23. The molecule has 3 rings (SSSR count). The van der Waals surface area contributed by atoms with Gasteiger partial charge < -0.3 is 24.4 Å². The van der Waals surface area contributed by atoms with E-state index in [2.05, 4.69) is 5.32 Å². The number of hydrogen-bond acceptors (Lipinski definition) is 7. The molecule has 9 heteroatoms. The summed E-state index contributed by atoms with van der Waals surface area (Å²) in [6, 6.07) is 11.1. The lowest BCUT2D eigenvalue weighted by Gasteiger charge is -2.27. The van der Waals surface area contributed by atoms with Crippen LogP contribution in [0.4, 0.5) is 11.4 Å². The largest absolute Gasteiger partial charge is 0.493 e. The number of anilines is 2. The van der Waals surface area contributed by atoms with Crippen LogP contribution in [-0.4, -0.2) is 49.9 Å². The average molecular weight is 440 g/mol. The van der Waals surface area contributed by atoms with Gasteiger partial charge in [-0.1, -0.05) is 12.1 Å². The van der Waals surface area contributed by atoms with Crippen molar-refractivity contribution in [3.8, 4) is 11.5 Å². The molecule has 0 unspecified atom stereocenters. The first-order chi connectivity index (χ1) is 15.3. The molecule has 9 nitrogen and oxygen atoms in total. The van der Waals surface area contributed by atoms with Gasteiger partial charge in [-0.15, -0.1) is 0 Å². The highest BCUT2D eigenvalue weighted by Gasteiger charge is 2.30. The molecule has 1 heterocycles. The third-order valence-corrected chi connectivity index (χ3v) is 4.90. The molecule has 0 aliphatic carbocycles. The second-order valence-electron chi connectivity index (χ2n) is 7.25. The maximum absolute atomic E-state index is 12.8. The van der Waals surface area contributed by atoms with Crippen LogP contribution in [0.2, 0.25) is 0 Å². The number of benzene rings is 2. The van der Waals surface area contributed by atoms with E-state index in [9.17, 15) is 19.2 Å². The van der Waals surface area contributed by atoms with Gasteiger partial charge in [-0.05, 0) is 44.2 Å². The number of carbonyl (C=O) groups excluding carboxylic acids is 4. The highest BCUT2D eigenvalue weighted by molar-refractivity contribution is 6.05. The van der Waals surface area contributed by atoms with Gasteiger partial charge in [-0.25, -0.2) is 4.79 Å². The van der Waals surface area contributed by atoms with Crippen LogP contribution in [0.25, 0.3) is 0 Å². The zero-order valence-corrected chi connectivity index (χ0v) is 18.0. The molecular formula is C23H24N2O7. The molecule has 32 heavy (non-hydrogen) atoms. The fourth-order valence-electron chi connectivity index (χ4n) is 3.36. The summed E-state index contributed by atoms with van der Waals surface area (Å²) in [6.07, 6.45) is 0.119. The number of ketones is 1. The van der Waals surface area contributed by atoms with Crippen molar-refractivity contribution >= 4 is 34.9 Å². The third-order valence-electron chi connectivity index (χ3n) is 4.90. The van der Waals surface area contributed by atoms with Crippen molar-refractivity contribution in [1.29, 1.82) is 0 Å². The molecule has 0 aromatic heterocycles. The molecule has 1 aliphatic heterocycles. The van der Waals surface area contributed by atoms with Crippen molar-refractivity contribution in [2.24, 2.45) is 0 Å². The van der Waals surface area contributed by atoms with Crippen LogP contribution in [0.5, 0.6) is 11.5 Å². The Morgan fingerprint density at radius 1 is 1.09 bits per heavy atom. The number of Topliss-reactive ketones (excluding diaryl/α,β-unsaturated/α-hetero) is 1. The Balaban J connectivity index is 1.61. The van der Waals surface area contributed by atoms with Crippen molar-refractivity contribution in [3.05, 3.63) is 48.0 Å². The minimum absolute atomic E-state index is 0.119. The predicted octanol–water partition coefficient (Wildman–Crippen LogP) is 2.58. The fourth-order valence-corrected chi connectivity index (χ4v) is 3.36. The summed E-state index contributed by atoms with van der Waals surface area (Å²) in [5.41, 5.74) is 1.51. The Labute approximate surface area is 185 Å². The van der Waals surface area contributed by atoms with Gasteiger partial charge in [0.15, 0.2) is 30.5 Å².